The van der Waals surface area contributed by atoms with Gasteiger partial charge < -0.3 is 15.0 Å². The Morgan fingerprint density at radius 1 is 1.26 bits per heavy atom. The van der Waals surface area contributed by atoms with Crippen LogP contribution in [0.5, 0.6) is 0 Å². The van der Waals surface area contributed by atoms with Gasteiger partial charge in [0.2, 0.25) is 5.91 Å². The topological polar surface area (TPSA) is 71.2 Å². The molecule has 0 saturated heterocycles. The quantitative estimate of drug-likeness (QED) is 0.833. The summed E-state index contributed by atoms with van der Waals surface area (Å²) in [4.78, 5) is 27.7. The number of nitrogens with one attached hydrogen (secondary N) is 2. The van der Waals surface area contributed by atoms with Crippen molar-refractivity contribution in [3.05, 3.63) is 36.0 Å². The Labute approximate surface area is 136 Å². The maximum absolute atomic E-state index is 12.2. The molecule has 0 fully saturated rings. The molecule has 2 aromatic rings. The van der Waals surface area contributed by atoms with Crippen LogP contribution in [0.1, 0.15) is 33.3 Å². The van der Waals surface area contributed by atoms with Crippen LogP contribution in [0.3, 0.4) is 0 Å². The Kier molecular flexibility index (Phi) is 5.08. The lowest BCUT2D eigenvalue weighted by atomic mass is 9.94. The van der Waals surface area contributed by atoms with E-state index in [0.717, 1.165) is 16.5 Å². The standard InChI is InChI=1S/C18H24N2O3/c1-5-23-16(21)15(20-17(22)18(2,3)4)10-12-11-19-14-9-7-6-8-13(12)14/h6-9,11,15,19H,5,10H2,1-4H3,(H,20,22)/t15-/m1/s1. The maximum Gasteiger partial charge on any atom is 0.328 e. The van der Waals surface area contributed by atoms with E-state index in [0.29, 0.717) is 6.42 Å². The van der Waals surface area contributed by atoms with Crippen molar-refractivity contribution >= 4 is 22.8 Å². The van der Waals surface area contributed by atoms with Crippen LogP contribution in [0.25, 0.3) is 10.9 Å². The number of para-hydroxylation sites is 1. The summed E-state index contributed by atoms with van der Waals surface area (Å²) in [5, 5.41) is 3.87. The van der Waals surface area contributed by atoms with E-state index >= 15 is 0 Å². The van der Waals surface area contributed by atoms with Crippen LogP contribution in [0.15, 0.2) is 30.5 Å². The van der Waals surface area contributed by atoms with Crippen LogP contribution in [-0.4, -0.2) is 29.5 Å². The van der Waals surface area contributed by atoms with Gasteiger partial charge in [-0.1, -0.05) is 39.0 Å². The van der Waals surface area contributed by atoms with Gasteiger partial charge >= 0.3 is 5.97 Å². The molecule has 5 nitrogen and oxygen atoms in total. The van der Waals surface area contributed by atoms with E-state index in [-0.39, 0.29) is 12.5 Å². The number of carbonyl (C=O) groups excluding carboxylic acids is 2. The van der Waals surface area contributed by atoms with Gasteiger partial charge in [0, 0.05) is 28.9 Å². The molecule has 0 aliphatic rings. The Bertz CT molecular complexity index is 698. The highest BCUT2D eigenvalue weighted by Crippen LogP contribution is 2.20. The molecule has 1 aromatic heterocycles. The Hall–Kier alpha value is -2.30. The van der Waals surface area contributed by atoms with Gasteiger partial charge in [0.1, 0.15) is 6.04 Å². The van der Waals surface area contributed by atoms with Crippen molar-refractivity contribution in [1.29, 1.82) is 0 Å². The fraction of sp³-hybridized carbons (Fsp3) is 0.444. The third-order valence-corrected chi connectivity index (χ3v) is 3.66. The van der Waals surface area contributed by atoms with E-state index in [4.69, 9.17) is 4.74 Å². The minimum Gasteiger partial charge on any atom is -0.464 e. The van der Waals surface area contributed by atoms with E-state index in [1.807, 2.05) is 51.2 Å². The van der Waals surface area contributed by atoms with Gasteiger partial charge in [-0.15, -0.1) is 0 Å². The largest absolute Gasteiger partial charge is 0.464 e. The van der Waals surface area contributed by atoms with E-state index < -0.39 is 17.4 Å². The molecular weight excluding hydrogens is 292 g/mol. The third kappa shape index (κ3) is 4.12. The second kappa shape index (κ2) is 6.86. The first-order valence-corrected chi connectivity index (χ1v) is 7.85. The molecular formula is C18H24N2O3. The summed E-state index contributed by atoms with van der Waals surface area (Å²) in [6.45, 7) is 7.49. The Balaban J connectivity index is 2.23. The number of aromatic nitrogens is 1. The summed E-state index contributed by atoms with van der Waals surface area (Å²) >= 11 is 0. The number of hydrogen-bond donors (Lipinski definition) is 2. The van der Waals surface area contributed by atoms with E-state index in [2.05, 4.69) is 10.3 Å². The SMILES string of the molecule is CCOC(=O)[C@@H](Cc1c[nH]c2ccccc12)NC(=O)C(C)(C)C. The summed E-state index contributed by atoms with van der Waals surface area (Å²) in [6.07, 6.45) is 2.27. The normalized spacial score (nSPS) is 12.9. The number of amides is 1. The maximum atomic E-state index is 12.2. The average molecular weight is 316 g/mol. The molecule has 0 aliphatic heterocycles. The molecule has 0 spiro atoms. The van der Waals surface area contributed by atoms with Crippen molar-refractivity contribution in [2.24, 2.45) is 5.41 Å². The molecule has 1 heterocycles. The molecule has 2 rings (SSSR count). The number of benzene rings is 1. The molecule has 0 bridgehead atoms. The fourth-order valence-corrected chi connectivity index (χ4v) is 2.33. The van der Waals surface area contributed by atoms with Gasteiger partial charge in [-0.25, -0.2) is 4.79 Å². The third-order valence-electron chi connectivity index (χ3n) is 3.66. The molecule has 0 saturated carbocycles. The van der Waals surface area contributed by atoms with Gasteiger partial charge in [0.25, 0.3) is 0 Å². The number of carbonyl (C=O) groups is 2. The van der Waals surface area contributed by atoms with Crippen molar-refractivity contribution in [2.75, 3.05) is 6.61 Å². The molecule has 0 unspecified atom stereocenters. The molecule has 0 aliphatic carbocycles. The monoisotopic (exact) mass is 316 g/mol. The zero-order valence-electron chi connectivity index (χ0n) is 14.1. The number of rotatable bonds is 5. The Morgan fingerprint density at radius 2 is 1.96 bits per heavy atom. The predicted molar refractivity (Wildman–Crippen MR) is 90.0 cm³/mol. The number of aromatic amines is 1. The van der Waals surface area contributed by atoms with Crippen molar-refractivity contribution < 1.29 is 14.3 Å². The van der Waals surface area contributed by atoms with E-state index in [1.54, 1.807) is 6.92 Å². The van der Waals surface area contributed by atoms with Gasteiger partial charge in [-0.2, -0.15) is 0 Å². The van der Waals surface area contributed by atoms with Gasteiger partial charge in [-0.05, 0) is 18.6 Å². The summed E-state index contributed by atoms with van der Waals surface area (Å²) in [7, 11) is 0. The fourth-order valence-electron chi connectivity index (χ4n) is 2.33. The van der Waals surface area contributed by atoms with Crippen molar-refractivity contribution in [3.63, 3.8) is 0 Å². The number of fused-ring (bicyclic) bond motifs is 1. The molecule has 0 radical (unpaired) electrons. The van der Waals surface area contributed by atoms with Crippen LogP contribution >= 0.6 is 0 Å². The molecule has 1 atom stereocenters. The molecule has 1 aromatic carbocycles. The second-order valence-electron chi connectivity index (χ2n) is 6.59. The molecule has 124 valence electrons. The highest BCUT2D eigenvalue weighted by molar-refractivity contribution is 5.89. The first kappa shape index (κ1) is 17.1. The van der Waals surface area contributed by atoms with Crippen LogP contribution < -0.4 is 5.32 Å². The van der Waals surface area contributed by atoms with Crippen LogP contribution in [0, 0.1) is 5.41 Å². The highest BCUT2D eigenvalue weighted by Gasteiger charge is 2.29. The van der Waals surface area contributed by atoms with Gasteiger partial charge in [0.15, 0.2) is 0 Å². The number of esters is 1. The van der Waals surface area contributed by atoms with Crippen LogP contribution in [0.4, 0.5) is 0 Å². The van der Waals surface area contributed by atoms with Crippen molar-refractivity contribution in [1.82, 2.24) is 10.3 Å². The molecule has 23 heavy (non-hydrogen) atoms. The highest BCUT2D eigenvalue weighted by atomic mass is 16.5. The lowest BCUT2D eigenvalue weighted by Gasteiger charge is -2.23. The van der Waals surface area contributed by atoms with Gasteiger partial charge in [0.05, 0.1) is 6.61 Å². The first-order valence-electron chi connectivity index (χ1n) is 7.85. The lowest BCUT2D eigenvalue weighted by molar-refractivity contribution is -0.148. The molecule has 5 heteroatoms. The summed E-state index contributed by atoms with van der Waals surface area (Å²) < 4.78 is 5.11. The van der Waals surface area contributed by atoms with Crippen molar-refractivity contribution in [2.45, 2.75) is 40.2 Å². The predicted octanol–water partition coefficient (Wildman–Crippen LogP) is 2.80. The van der Waals surface area contributed by atoms with Gasteiger partial charge in [-0.3, -0.25) is 4.79 Å². The molecule has 1 amide bonds. The lowest BCUT2D eigenvalue weighted by Crippen LogP contribution is -2.47. The summed E-state index contributed by atoms with van der Waals surface area (Å²) in [6, 6.07) is 7.18. The smallest absolute Gasteiger partial charge is 0.328 e. The summed E-state index contributed by atoms with van der Waals surface area (Å²) in [5.41, 5.74) is 1.42. The number of ether oxygens (including phenoxy) is 1. The van der Waals surface area contributed by atoms with E-state index in [1.165, 1.54) is 0 Å². The van der Waals surface area contributed by atoms with Crippen LogP contribution in [0.2, 0.25) is 0 Å². The summed E-state index contributed by atoms with van der Waals surface area (Å²) in [5.74, 6) is -0.578. The molecule has 2 N–H and O–H groups in total. The minimum atomic E-state index is -0.694. The average Bonchev–Trinajstić information content (AvgIpc) is 2.89. The second-order valence-corrected chi connectivity index (χ2v) is 6.59. The van der Waals surface area contributed by atoms with Crippen LogP contribution in [-0.2, 0) is 20.7 Å². The zero-order chi connectivity index (χ0) is 17.0. The van der Waals surface area contributed by atoms with E-state index in [9.17, 15) is 9.59 Å². The first-order chi connectivity index (χ1) is 10.8. The van der Waals surface area contributed by atoms with Crippen molar-refractivity contribution in [3.8, 4) is 0 Å². The number of hydrogen-bond acceptors (Lipinski definition) is 3. The minimum absolute atomic E-state index is 0.171. The zero-order valence-corrected chi connectivity index (χ0v) is 14.1. The number of H-pyrrole nitrogens is 1. The Morgan fingerprint density at radius 3 is 2.61 bits per heavy atom.